The Morgan fingerprint density at radius 3 is 2.77 bits per heavy atom. The van der Waals surface area contributed by atoms with Gasteiger partial charge in [0.05, 0.1) is 16.2 Å². The maximum absolute atomic E-state index is 12.0. The van der Waals surface area contributed by atoms with Gasteiger partial charge in [-0.2, -0.15) is 0 Å². The summed E-state index contributed by atoms with van der Waals surface area (Å²) in [6, 6.07) is 3.06. The number of carbonyl (C=O) groups excluding carboxylic acids is 1. The van der Waals surface area contributed by atoms with Crippen LogP contribution in [0.4, 0.5) is 0 Å². The molecule has 2 N–H and O–H groups in total. The summed E-state index contributed by atoms with van der Waals surface area (Å²) in [5.41, 5.74) is 0. The van der Waals surface area contributed by atoms with Gasteiger partial charge in [0.25, 0.3) is 10.0 Å². The first-order valence-corrected chi connectivity index (χ1v) is 9.64. The molecule has 1 aromatic rings. The van der Waals surface area contributed by atoms with Gasteiger partial charge in [-0.15, -0.1) is 11.3 Å². The number of aliphatic carboxylic acids is 1. The highest BCUT2D eigenvalue weighted by atomic mass is 79.9. The number of rotatable bonds is 5. The molecular formula is C12H15BrN2O5S2. The average molecular weight is 411 g/mol. The number of sulfonamides is 1. The Labute approximate surface area is 140 Å². The molecular weight excluding hydrogens is 396 g/mol. The van der Waals surface area contributed by atoms with Crippen LogP contribution in [0.2, 0.25) is 0 Å². The quantitative estimate of drug-likeness (QED) is 0.756. The molecule has 2 rings (SSSR count). The van der Waals surface area contributed by atoms with Crippen molar-refractivity contribution in [2.24, 2.45) is 5.92 Å². The molecule has 1 aromatic heterocycles. The van der Waals surface area contributed by atoms with Crippen LogP contribution >= 0.6 is 27.3 Å². The van der Waals surface area contributed by atoms with E-state index in [0.29, 0.717) is 23.2 Å². The number of carbonyl (C=O) groups is 2. The van der Waals surface area contributed by atoms with Crippen LogP contribution in [0, 0.1) is 5.92 Å². The molecule has 122 valence electrons. The van der Waals surface area contributed by atoms with Crippen molar-refractivity contribution < 1.29 is 23.1 Å². The molecule has 1 atom stereocenters. The summed E-state index contributed by atoms with van der Waals surface area (Å²) in [4.78, 5) is 24.4. The zero-order valence-electron chi connectivity index (χ0n) is 11.5. The fourth-order valence-corrected chi connectivity index (χ4v) is 5.22. The molecule has 0 bridgehead atoms. The topological polar surface area (TPSA) is 104 Å². The van der Waals surface area contributed by atoms with Crippen molar-refractivity contribution >= 4 is 49.2 Å². The van der Waals surface area contributed by atoms with Crippen LogP contribution in [0.3, 0.4) is 0 Å². The molecule has 0 aromatic carbocycles. The normalized spacial score (nSPS) is 19.1. The fourth-order valence-electron chi connectivity index (χ4n) is 2.19. The van der Waals surface area contributed by atoms with Gasteiger partial charge in [-0.3, -0.25) is 9.59 Å². The van der Waals surface area contributed by atoms with E-state index in [1.165, 1.54) is 11.0 Å². The number of nitrogens with zero attached hydrogens (tertiary/aromatic N) is 1. The van der Waals surface area contributed by atoms with Gasteiger partial charge in [-0.1, -0.05) is 0 Å². The Balaban J connectivity index is 1.93. The van der Waals surface area contributed by atoms with Crippen molar-refractivity contribution in [2.75, 3.05) is 19.6 Å². The number of thiophene rings is 1. The van der Waals surface area contributed by atoms with E-state index in [4.69, 9.17) is 5.11 Å². The molecule has 0 spiro atoms. The Kier molecular flexibility index (Phi) is 5.59. The summed E-state index contributed by atoms with van der Waals surface area (Å²) in [7, 11) is -3.73. The minimum atomic E-state index is -3.73. The molecule has 1 aliphatic heterocycles. The van der Waals surface area contributed by atoms with Gasteiger partial charge >= 0.3 is 5.97 Å². The number of likely N-dealkylation sites (tertiary alicyclic amines) is 1. The lowest BCUT2D eigenvalue weighted by Crippen LogP contribution is -2.46. The van der Waals surface area contributed by atoms with Gasteiger partial charge in [0.15, 0.2) is 0 Å². The second kappa shape index (κ2) is 7.07. The molecule has 0 radical (unpaired) electrons. The van der Waals surface area contributed by atoms with E-state index in [-0.39, 0.29) is 17.3 Å². The molecule has 1 aliphatic rings. The highest BCUT2D eigenvalue weighted by Crippen LogP contribution is 2.25. The summed E-state index contributed by atoms with van der Waals surface area (Å²) in [5, 5.41) is 9.00. The number of hydrogen-bond donors (Lipinski definition) is 2. The first kappa shape index (κ1) is 17.4. The first-order chi connectivity index (χ1) is 10.3. The molecule has 1 unspecified atom stereocenters. The third-order valence-electron chi connectivity index (χ3n) is 3.35. The summed E-state index contributed by atoms with van der Waals surface area (Å²) in [6.07, 6.45) is 1.14. The summed E-state index contributed by atoms with van der Waals surface area (Å²) in [6.45, 7) is 0.208. The number of nitrogens with one attached hydrogen (secondary N) is 1. The molecule has 1 fully saturated rings. The average Bonchev–Trinajstić information content (AvgIpc) is 2.92. The van der Waals surface area contributed by atoms with Crippen molar-refractivity contribution in [1.82, 2.24) is 9.62 Å². The van der Waals surface area contributed by atoms with Gasteiger partial charge < -0.3 is 10.0 Å². The van der Waals surface area contributed by atoms with Crippen molar-refractivity contribution in [3.63, 3.8) is 0 Å². The first-order valence-electron chi connectivity index (χ1n) is 6.55. The number of hydrogen-bond acceptors (Lipinski definition) is 5. The number of halogens is 1. The molecule has 2 heterocycles. The molecule has 0 aliphatic carbocycles. The van der Waals surface area contributed by atoms with E-state index in [9.17, 15) is 18.0 Å². The van der Waals surface area contributed by atoms with Crippen LogP contribution < -0.4 is 4.72 Å². The van der Waals surface area contributed by atoms with Crippen LogP contribution in [0.5, 0.6) is 0 Å². The van der Waals surface area contributed by atoms with Crippen LogP contribution in [0.1, 0.15) is 12.8 Å². The molecule has 1 amide bonds. The minimum absolute atomic E-state index is 0.120. The number of carboxylic acids is 1. The summed E-state index contributed by atoms with van der Waals surface area (Å²) >= 11 is 4.23. The molecule has 10 heteroatoms. The van der Waals surface area contributed by atoms with E-state index >= 15 is 0 Å². The summed E-state index contributed by atoms with van der Waals surface area (Å²) < 4.78 is 27.1. The Bertz CT molecular complexity index is 673. The predicted octanol–water partition coefficient (Wildman–Crippen LogP) is 1.11. The van der Waals surface area contributed by atoms with Gasteiger partial charge in [-0.05, 0) is 40.9 Å². The highest BCUT2D eigenvalue weighted by Gasteiger charge is 2.28. The van der Waals surface area contributed by atoms with Crippen LogP contribution in [-0.4, -0.2) is 49.9 Å². The second-order valence-electron chi connectivity index (χ2n) is 4.90. The van der Waals surface area contributed by atoms with Crippen molar-refractivity contribution in [3.8, 4) is 0 Å². The lowest BCUT2D eigenvalue weighted by atomic mass is 9.98. The SMILES string of the molecule is O=C(O)C1CCCN(C(=O)CNS(=O)(=O)c2ccc(Br)s2)C1. The number of piperidine rings is 1. The zero-order chi connectivity index (χ0) is 16.3. The van der Waals surface area contributed by atoms with Crippen molar-refractivity contribution in [3.05, 3.63) is 15.9 Å². The van der Waals surface area contributed by atoms with Crippen molar-refractivity contribution in [1.29, 1.82) is 0 Å². The Morgan fingerprint density at radius 1 is 1.45 bits per heavy atom. The van der Waals surface area contributed by atoms with E-state index in [0.717, 1.165) is 11.3 Å². The van der Waals surface area contributed by atoms with Gasteiger partial charge in [0, 0.05) is 13.1 Å². The van der Waals surface area contributed by atoms with Gasteiger partial charge in [0.2, 0.25) is 5.91 Å². The lowest BCUT2D eigenvalue weighted by molar-refractivity contribution is -0.145. The monoisotopic (exact) mass is 410 g/mol. The van der Waals surface area contributed by atoms with E-state index in [1.807, 2.05) is 0 Å². The van der Waals surface area contributed by atoms with E-state index < -0.39 is 27.8 Å². The maximum atomic E-state index is 12.0. The van der Waals surface area contributed by atoms with Crippen LogP contribution in [0.25, 0.3) is 0 Å². The molecule has 7 nitrogen and oxygen atoms in total. The predicted molar refractivity (Wildman–Crippen MR) is 84.1 cm³/mol. The Hall–Kier alpha value is -0.970. The molecule has 0 saturated carbocycles. The Morgan fingerprint density at radius 2 is 2.18 bits per heavy atom. The van der Waals surface area contributed by atoms with Gasteiger partial charge in [-0.25, -0.2) is 13.1 Å². The number of amides is 1. The van der Waals surface area contributed by atoms with Crippen molar-refractivity contribution in [2.45, 2.75) is 17.1 Å². The third kappa shape index (κ3) is 4.28. The second-order valence-corrected chi connectivity index (χ2v) is 9.36. The fraction of sp³-hybridized carbons (Fsp3) is 0.500. The molecule has 22 heavy (non-hydrogen) atoms. The maximum Gasteiger partial charge on any atom is 0.308 e. The van der Waals surface area contributed by atoms with Gasteiger partial charge in [0.1, 0.15) is 4.21 Å². The standard InChI is InChI=1S/C12H15BrN2O5S2/c13-9-3-4-11(21-9)22(19,20)14-6-10(16)15-5-1-2-8(7-15)12(17)18/h3-4,8,14H,1-2,5-7H2,(H,17,18). The molecule has 1 saturated heterocycles. The smallest absolute Gasteiger partial charge is 0.308 e. The van der Waals surface area contributed by atoms with Crippen LogP contribution in [0.15, 0.2) is 20.1 Å². The third-order valence-corrected chi connectivity index (χ3v) is 6.87. The summed E-state index contributed by atoms with van der Waals surface area (Å²) in [5.74, 6) is -1.92. The van der Waals surface area contributed by atoms with Crippen LogP contribution in [-0.2, 0) is 19.6 Å². The minimum Gasteiger partial charge on any atom is -0.481 e. The zero-order valence-corrected chi connectivity index (χ0v) is 14.7. The van der Waals surface area contributed by atoms with E-state index in [2.05, 4.69) is 20.7 Å². The number of carboxylic acid groups (broad SMARTS) is 1. The largest absolute Gasteiger partial charge is 0.481 e. The lowest BCUT2D eigenvalue weighted by Gasteiger charge is -2.30. The van der Waals surface area contributed by atoms with E-state index in [1.54, 1.807) is 6.07 Å². The highest BCUT2D eigenvalue weighted by molar-refractivity contribution is 9.11.